The van der Waals surface area contributed by atoms with Crippen molar-refractivity contribution in [3.63, 3.8) is 0 Å². The monoisotopic (exact) mass is 200 g/mol. The van der Waals surface area contributed by atoms with Crippen LogP contribution in [-0.4, -0.2) is 12.6 Å². The minimum absolute atomic E-state index is 0.0392. The lowest BCUT2D eigenvalue weighted by atomic mass is 9.93. The number of carbonyl (C=O) groups excluding carboxylic acids is 1. The van der Waals surface area contributed by atoms with Gasteiger partial charge in [0, 0.05) is 6.42 Å². The van der Waals surface area contributed by atoms with Crippen molar-refractivity contribution in [3.05, 3.63) is 0 Å². The van der Waals surface area contributed by atoms with E-state index in [9.17, 15) is 4.79 Å². The van der Waals surface area contributed by atoms with Crippen LogP contribution in [0.3, 0.4) is 0 Å². The molecular weight excluding hydrogens is 176 g/mol. The van der Waals surface area contributed by atoms with Crippen molar-refractivity contribution in [2.24, 2.45) is 5.41 Å². The van der Waals surface area contributed by atoms with E-state index in [0.717, 1.165) is 25.7 Å². The Labute approximate surface area is 88.0 Å². The zero-order valence-electron chi connectivity index (χ0n) is 10.1. The van der Waals surface area contributed by atoms with Crippen molar-refractivity contribution >= 4 is 5.97 Å². The average molecular weight is 200 g/mol. The summed E-state index contributed by atoms with van der Waals surface area (Å²) in [5.74, 6) is -0.0392. The van der Waals surface area contributed by atoms with Gasteiger partial charge in [0.25, 0.3) is 0 Å². The van der Waals surface area contributed by atoms with Gasteiger partial charge in [0.05, 0.1) is 6.61 Å². The first-order valence-electron chi connectivity index (χ1n) is 5.61. The molecule has 0 rings (SSSR count). The summed E-state index contributed by atoms with van der Waals surface area (Å²) in [6.07, 6.45) is 4.75. The summed E-state index contributed by atoms with van der Waals surface area (Å²) in [6.45, 7) is 9.15. The molecule has 0 bridgehead atoms. The Morgan fingerprint density at radius 3 is 2.36 bits per heavy atom. The van der Waals surface area contributed by atoms with Gasteiger partial charge in [-0.3, -0.25) is 4.79 Å². The van der Waals surface area contributed by atoms with Gasteiger partial charge in [-0.1, -0.05) is 40.5 Å². The Balaban J connectivity index is 3.36. The van der Waals surface area contributed by atoms with Crippen molar-refractivity contribution < 1.29 is 9.53 Å². The summed E-state index contributed by atoms with van der Waals surface area (Å²) in [5.41, 5.74) is 0.254. The van der Waals surface area contributed by atoms with Gasteiger partial charge in [-0.15, -0.1) is 0 Å². The van der Waals surface area contributed by atoms with Crippen LogP contribution in [0.15, 0.2) is 0 Å². The second-order valence-electron chi connectivity index (χ2n) is 4.99. The van der Waals surface area contributed by atoms with Crippen molar-refractivity contribution in [1.82, 2.24) is 0 Å². The minimum atomic E-state index is -0.0392. The zero-order valence-corrected chi connectivity index (χ0v) is 10.1. The highest BCUT2D eigenvalue weighted by molar-refractivity contribution is 5.69. The van der Waals surface area contributed by atoms with Gasteiger partial charge in [-0.05, 0) is 18.3 Å². The molecule has 0 fully saturated rings. The highest BCUT2D eigenvalue weighted by atomic mass is 16.5. The lowest BCUT2D eigenvalue weighted by Gasteiger charge is -2.17. The fraction of sp³-hybridized carbons (Fsp3) is 0.917. The van der Waals surface area contributed by atoms with Crippen LogP contribution < -0.4 is 0 Å². The first kappa shape index (κ1) is 13.5. The van der Waals surface area contributed by atoms with Crippen molar-refractivity contribution in [1.29, 1.82) is 0 Å². The van der Waals surface area contributed by atoms with Gasteiger partial charge in [-0.25, -0.2) is 0 Å². The van der Waals surface area contributed by atoms with Crippen LogP contribution in [0.2, 0.25) is 0 Å². The van der Waals surface area contributed by atoms with Gasteiger partial charge in [-0.2, -0.15) is 0 Å². The summed E-state index contributed by atoms with van der Waals surface area (Å²) in [5, 5.41) is 0. The van der Waals surface area contributed by atoms with Crippen molar-refractivity contribution in [2.45, 2.75) is 59.8 Å². The molecule has 2 heteroatoms. The predicted molar refractivity (Wildman–Crippen MR) is 59.2 cm³/mol. The molecule has 0 aliphatic rings. The standard InChI is InChI=1S/C12H24O2/c1-5-6-7-8-11(13)14-10-9-12(2,3)4/h5-10H2,1-4H3. The predicted octanol–water partition coefficient (Wildman–Crippen LogP) is 3.55. The third-order valence-corrected chi connectivity index (χ3v) is 2.10. The van der Waals surface area contributed by atoms with Gasteiger partial charge >= 0.3 is 5.97 Å². The maximum atomic E-state index is 11.2. The van der Waals surface area contributed by atoms with Crippen LogP contribution in [-0.2, 0) is 9.53 Å². The summed E-state index contributed by atoms with van der Waals surface area (Å²) in [7, 11) is 0. The number of hydrogen-bond acceptors (Lipinski definition) is 2. The van der Waals surface area contributed by atoms with Crippen LogP contribution in [0.4, 0.5) is 0 Å². The van der Waals surface area contributed by atoms with Gasteiger partial charge in [0.2, 0.25) is 0 Å². The van der Waals surface area contributed by atoms with Gasteiger partial charge in [0.15, 0.2) is 0 Å². The van der Waals surface area contributed by atoms with E-state index in [1.807, 2.05) is 0 Å². The van der Waals surface area contributed by atoms with Crippen molar-refractivity contribution in [2.75, 3.05) is 6.61 Å². The summed E-state index contributed by atoms with van der Waals surface area (Å²) in [6, 6.07) is 0. The van der Waals surface area contributed by atoms with E-state index < -0.39 is 0 Å². The third-order valence-electron chi connectivity index (χ3n) is 2.10. The average Bonchev–Trinajstić information content (AvgIpc) is 2.02. The lowest BCUT2D eigenvalue weighted by Crippen LogP contribution is -2.12. The fourth-order valence-electron chi connectivity index (χ4n) is 1.06. The molecule has 0 saturated carbocycles. The fourth-order valence-corrected chi connectivity index (χ4v) is 1.06. The molecule has 0 heterocycles. The Kier molecular flexibility index (Phi) is 6.60. The maximum absolute atomic E-state index is 11.2. The number of ether oxygens (including phenoxy) is 1. The van der Waals surface area contributed by atoms with Crippen LogP contribution >= 0.6 is 0 Å². The molecule has 14 heavy (non-hydrogen) atoms. The molecule has 84 valence electrons. The Bertz CT molecular complexity index is 156. The lowest BCUT2D eigenvalue weighted by molar-refractivity contribution is -0.144. The van der Waals surface area contributed by atoms with E-state index in [1.165, 1.54) is 0 Å². The summed E-state index contributed by atoms with van der Waals surface area (Å²) in [4.78, 5) is 11.2. The molecule has 0 radical (unpaired) electrons. The smallest absolute Gasteiger partial charge is 0.305 e. The third kappa shape index (κ3) is 9.56. The Morgan fingerprint density at radius 2 is 1.86 bits per heavy atom. The Hall–Kier alpha value is -0.530. The molecular formula is C12H24O2. The van der Waals surface area contributed by atoms with Crippen LogP contribution in [0.25, 0.3) is 0 Å². The van der Waals surface area contributed by atoms with E-state index >= 15 is 0 Å². The summed E-state index contributed by atoms with van der Waals surface area (Å²) >= 11 is 0. The first-order chi connectivity index (χ1) is 6.45. The molecule has 0 spiro atoms. The topological polar surface area (TPSA) is 26.3 Å². The van der Waals surface area contributed by atoms with Crippen molar-refractivity contribution in [3.8, 4) is 0 Å². The van der Waals surface area contributed by atoms with Crippen LogP contribution in [0, 0.1) is 5.41 Å². The molecule has 0 aromatic rings. The molecule has 0 N–H and O–H groups in total. The highest BCUT2D eigenvalue weighted by Gasteiger charge is 2.11. The largest absolute Gasteiger partial charge is 0.466 e. The Morgan fingerprint density at radius 1 is 1.21 bits per heavy atom. The SMILES string of the molecule is CCCCCC(=O)OCCC(C)(C)C. The molecule has 0 aliphatic heterocycles. The second-order valence-corrected chi connectivity index (χ2v) is 4.99. The molecule has 0 aliphatic carbocycles. The molecule has 0 saturated heterocycles. The molecule has 0 aromatic heterocycles. The van der Waals surface area contributed by atoms with Gasteiger partial charge < -0.3 is 4.74 Å². The minimum Gasteiger partial charge on any atom is -0.466 e. The first-order valence-corrected chi connectivity index (χ1v) is 5.61. The zero-order chi connectivity index (χ0) is 11.0. The van der Waals surface area contributed by atoms with Crippen LogP contribution in [0.1, 0.15) is 59.8 Å². The highest BCUT2D eigenvalue weighted by Crippen LogP contribution is 2.18. The number of unbranched alkanes of at least 4 members (excludes halogenated alkanes) is 2. The maximum Gasteiger partial charge on any atom is 0.305 e. The number of carbonyl (C=O) groups is 1. The van der Waals surface area contributed by atoms with E-state index in [0.29, 0.717) is 13.0 Å². The second kappa shape index (κ2) is 6.86. The van der Waals surface area contributed by atoms with E-state index in [2.05, 4.69) is 27.7 Å². The number of rotatable bonds is 6. The molecule has 0 aromatic carbocycles. The molecule has 0 atom stereocenters. The number of hydrogen-bond donors (Lipinski definition) is 0. The molecule has 0 unspecified atom stereocenters. The van der Waals surface area contributed by atoms with E-state index in [1.54, 1.807) is 0 Å². The van der Waals surface area contributed by atoms with Gasteiger partial charge in [0.1, 0.15) is 0 Å². The molecule has 0 amide bonds. The molecule has 2 nitrogen and oxygen atoms in total. The summed E-state index contributed by atoms with van der Waals surface area (Å²) < 4.78 is 5.13. The number of esters is 1. The van der Waals surface area contributed by atoms with E-state index in [-0.39, 0.29) is 11.4 Å². The normalized spacial score (nSPS) is 11.4. The van der Waals surface area contributed by atoms with Crippen LogP contribution in [0.5, 0.6) is 0 Å². The quantitative estimate of drug-likeness (QED) is 0.484. The van der Waals surface area contributed by atoms with E-state index in [4.69, 9.17) is 4.74 Å².